The lowest BCUT2D eigenvalue weighted by atomic mass is 9.88. The summed E-state index contributed by atoms with van der Waals surface area (Å²) in [5.74, 6) is -0.0404. The largest absolute Gasteiger partial charge is 0.365 e. The fraction of sp³-hybridized carbons (Fsp3) is 0.350. The first-order chi connectivity index (χ1) is 14.4. The number of rotatable bonds is 6. The number of benzene rings is 1. The predicted octanol–water partition coefficient (Wildman–Crippen LogP) is 2.99. The van der Waals surface area contributed by atoms with Gasteiger partial charge in [-0.3, -0.25) is 9.59 Å². The number of fused-ring (bicyclic) bond motifs is 1. The second kappa shape index (κ2) is 8.57. The van der Waals surface area contributed by atoms with Crippen LogP contribution in [0.25, 0.3) is 5.69 Å². The van der Waals surface area contributed by atoms with Gasteiger partial charge in [-0.2, -0.15) is 4.68 Å². The van der Waals surface area contributed by atoms with E-state index < -0.39 is 5.91 Å². The summed E-state index contributed by atoms with van der Waals surface area (Å²) in [7, 11) is 0. The molecule has 8 nitrogen and oxygen atoms in total. The highest BCUT2D eigenvalue weighted by Gasteiger charge is 2.27. The summed E-state index contributed by atoms with van der Waals surface area (Å²) in [5.41, 5.74) is 9.00. The molecule has 0 unspecified atom stereocenters. The Morgan fingerprint density at radius 1 is 1.40 bits per heavy atom. The molecule has 1 aliphatic carbocycles. The van der Waals surface area contributed by atoms with E-state index in [0.717, 1.165) is 41.0 Å². The van der Waals surface area contributed by atoms with Gasteiger partial charge in [0.2, 0.25) is 11.1 Å². The third-order valence-electron chi connectivity index (χ3n) is 5.03. The van der Waals surface area contributed by atoms with Crippen molar-refractivity contribution in [2.45, 2.75) is 38.3 Å². The summed E-state index contributed by atoms with van der Waals surface area (Å²) in [5, 5.41) is 15.7. The third kappa shape index (κ3) is 4.24. The molecule has 3 aromatic rings. The number of primary amides is 1. The summed E-state index contributed by atoms with van der Waals surface area (Å²) >= 11 is 2.69. The van der Waals surface area contributed by atoms with Crippen LogP contribution in [-0.2, 0) is 17.6 Å². The number of carbonyl (C=O) groups excluding carboxylic acids is 2. The Morgan fingerprint density at radius 3 is 3.00 bits per heavy atom. The summed E-state index contributed by atoms with van der Waals surface area (Å²) in [6.07, 6.45) is 2.76. The zero-order valence-corrected chi connectivity index (χ0v) is 18.3. The second-order valence-electron chi connectivity index (χ2n) is 7.47. The number of nitrogens with two attached hydrogens (primary N) is 1. The number of tetrazole rings is 1. The van der Waals surface area contributed by atoms with E-state index in [4.69, 9.17) is 5.73 Å². The van der Waals surface area contributed by atoms with E-state index in [9.17, 15) is 9.59 Å². The monoisotopic (exact) mass is 442 g/mol. The van der Waals surface area contributed by atoms with Crippen molar-refractivity contribution < 1.29 is 9.59 Å². The van der Waals surface area contributed by atoms with Crippen molar-refractivity contribution in [2.24, 2.45) is 11.7 Å². The number of nitrogens with one attached hydrogen (secondary N) is 1. The number of aromatic nitrogens is 4. The number of aryl methyl sites for hydroxylation is 1. The van der Waals surface area contributed by atoms with Crippen LogP contribution in [0.4, 0.5) is 5.00 Å². The Kier molecular flexibility index (Phi) is 5.87. The van der Waals surface area contributed by atoms with E-state index in [2.05, 4.69) is 27.8 Å². The van der Waals surface area contributed by atoms with Gasteiger partial charge in [-0.05, 0) is 65.8 Å². The first kappa shape index (κ1) is 20.5. The van der Waals surface area contributed by atoms with Crippen LogP contribution >= 0.6 is 23.1 Å². The van der Waals surface area contributed by atoms with E-state index in [1.54, 1.807) is 4.68 Å². The fourth-order valence-electron chi connectivity index (χ4n) is 3.58. The van der Waals surface area contributed by atoms with Crippen molar-refractivity contribution in [1.29, 1.82) is 0 Å². The van der Waals surface area contributed by atoms with Gasteiger partial charge < -0.3 is 11.1 Å². The van der Waals surface area contributed by atoms with Crippen LogP contribution in [-0.4, -0.2) is 37.8 Å². The van der Waals surface area contributed by atoms with Gasteiger partial charge in [-0.15, -0.1) is 16.4 Å². The molecule has 30 heavy (non-hydrogen) atoms. The van der Waals surface area contributed by atoms with Crippen LogP contribution in [0.1, 0.15) is 39.7 Å². The lowest BCUT2D eigenvalue weighted by Crippen LogP contribution is -2.20. The Balaban J connectivity index is 1.47. The molecule has 0 fully saturated rings. The Morgan fingerprint density at radius 2 is 2.23 bits per heavy atom. The molecule has 1 atom stereocenters. The molecule has 0 spiro atoms. The quantitative estimate of drug-likeness (QED) is 0.567. The van der Waals surface area contributed by atoms with Crippen LogP contribution < -0.4 is 11.1 Å². The Labute approximate surface area is 182 Å². The summed E-state index contributed by atoms with van der Waals surface area (Å²) in [4.78, 5) is 25.8. The number of anilines is 1. The molecule has 0 aliphatic heterocycles. The topological polar surface area (TPSA) is 116 Å². The number of carbonyl (C=O) groups is 2. The van der Waals surface area contributed by atoms with Crippen LogP contribution in [0.2, 0.25) is 0 Å². The highest BCUT2D eigenvalue weighted by atomic mass is 32.2. The molecule has 2 aromatic heterocycles. The second-order valence-corrected chi connectivity index (χ2v) is 9.52. The average Bonchev–Trinajstić information content (AvgIpc) is 3.30. The molecule has 2 heterocycles. The summed E-state index contributed by atoms with van der Waals surface area (Å²) in [6, 6.07) is 7.80. The van der Waals surface area contributed by atoms with Gasteiger partial charge in [0.15, 0.2) is 0 Å². The average molecular weight is 443 g/mol. The number of hydrogen-bond donors (Lipinski definition) is 2. The molecule has 10 heteroatoms. The van der Waals surface area contributed by atoms with Gasteiger partial charge in [0, 0.05) is 4.88 Å². The molecular weight excluding hydrogens is 420 g/mol. The molecule has 4 rings (SSSR count). The highest BCUT2D eigenvalue weighted by Crippen LogP contribution is 2.39. The number of nitrogens with zero attached hydrogens (tertiary/aromatic N) is 4. The first-order valence-corrected chi connectivity index (χ1v) is 11.4. The third-order valence-corrected chi connectivity index (χ3v) is 7.12. The molecular formula is C20H22N6O2S2. The van der Waals surface area contributed by atoms with Crippen LogP contribution in [0, 0.1) is 12.8 Å². The van der Waals surface area contributed by atoms with Crippen molar-refractivity contribution >= 4 is 39.9 Å². The standard InChI is InChI=1S/C20H22N6O2S2/c1-11-4-3-5-13(8-11)26-20(23-24-25-26)29-10-16(27)22-19-17(18(21)28)14-7-6-12(2)9-15(14)30-19/h3-5,8,12H,6-7,9-10H2,1-2H3,(H2,21,28)(H,22,27)/t12-/m0/s1. The van der Waals surface area contributed by atoms with E-state index in [1.165, 1.54) is 23.1 Å². The van der Waals surface area contributed by atoms with Crippen molar-refractivity contribution in [3.8, 4) is 5.69 Å². The minimum absolute atomic E-state index is 0.114. The van der Waals surface area contributed by atoms with E-state index >= 15 is 0 Å². The van der Waals surface area contributed by atoms with E-state index in [0.29, 0.717) is 21.6 Å². The molecule has 1 aliphatic rings. The lowest BCUT2D eigenvalue weighted by molar-refractivity contribution is -0.113. The molecule has 0 bridgehead atoms. The Bertz CT molecular complexity index is 1110. The molecule has 156 valence electrons. The van der Waals surface area contributed by atoms with Gasteiger partial charge in [0.25, 0.3) is 5.91 Å². The SMILES string of the molecule is Cc1cccc(-n2nnnc2SCC(=O)Nc2sc3c(c2C(N)=O)CC[C@H](C)C3)c1. The van der Waals surface area contributed by atoms with Gasteiger partial charge >= 0.3 is 0 Å². The normalized spacial score (nSPS) is 15.6. The lowest BCUT2D eigenvalue weighted by Gasteiger charge is -2.18. The molecule has 0 saturated heterocycles. The van der Waals surface area contributed by atoms with Gasteiger partial charge in [-0.25, -0.2) is 0 Å². The smallest absolute Gasteiger partial charge is 0.251 e. The zero-order chi connectivity index (χ0) is 21.3. The predicted molar refractivity (Wildman–Crippen MR) is 117 cm³/mol. The molecule has 0 saturated carbocycles. The maximum atomic E-state index is 12.6. The minimum atomic E-state index is -0.492. The van der Waals surface area contributed by atoms with Crippen LogP contribution in [0.3, 0.4) is 0 Å². The molecule has 1 aromatic carbocycles. The van der Waals surface area contributed by atoms with Gasteiger partial charge in [-0.1, -0.05) is 30.8 Å². The zero-order valence-electron chi connectivity index (χ0n) is 16.7. The van der Waals surface area contributed by atoms with Crippen LogP contribution in [0.5, 0.6) is 0 Å². The van der Waals surface area contributed by atoms with E-state index in [-0.39, 0.29) is 11.7 Å². The number of hydrogen-bond acceptors (Lipinski definition) is 7. The van der Waals surface area contributed by atoms with Crippen molar-refractivity contribution in [1.82, 2.24) is 20.2 Å². The maximum absolute atomic E-state index is 12.6. The van der Waals surface area contributed by atoms with Crippen molar-refractivity contribution in [3.63, 3.8) is 0 Å². The number of thiophene rings is 1. The van der Waals surface area contributed by atoms with Gasteiger partial charge in [0.05, 0.1) is 17.0 Å². The number of thioether (sulfide) groups is 1. The minimum Gasteiger partial charge on any atom is -0.365 e. The Hall–Kier alpha value is -2.72. The molecule has 3 N–H and O–H groups in total. The van der Waals surface area contributed by atoms with Crippen molar-refractivity contribution in [3.05, 3.63) is 45.8 Å². The number of amides is 2. The fourth-order valence-corrected chi connectivity index (χ4v) is 5.71. The van der Waals surface area contributed by atoms with E-state index in [1.807, 2.05) is 31.2 Å². The summed E-state index contributed by atoms with van der Waals surface area (Å²) < 4.78 is 1.60. The van der Waals surface area contributed by atoms with Crippen molar-refractivity contribution in [2.75, 3.05) is 11.1 Å². The molecule has 2 amide bonds. The summed E-state index contributed by atoms with van der Waals surface area (Å²) in [6.45, 7) is 4.19. The van der Waals surface area contributed by atoms with Crippen LogP contribution in [0.15, 0.2) is 29.4 Å². The first-order valence-electron chi connectivity index (χ1n) is 9.64. The van der Waals surface area contributed by atoms with Gasteiger partial charge in [0.1, 0.15) is 5.00 Å². The maximum Gasteiger partial charge on any atom is 0.251 e. The highest BCUT2D eigenvalue weighted by molar-refractivity contribution is 7.99. The molecule has 0 radical (unpaired) electrons.